The molecule has 1 aliphatic heterocycles. The first-order valence-electron chi connectivity index (χ1n) is 7.00. The maximum absolute atomic E-state index is 12.6. The summed E-state index contributed by atoms with van der Waals surface area (Å²) in [4.78, 5) is 24.9. The van der Waals surface area contributed by atoms with Crippen LogP contribution < -0.4 is 0 Å². The number of nitrogens with zero attached hydrogens (tertiary/aromatic N) is 4. The minimum absolute atomic E-state index is 0.135. The summed E-state index contributed by atoms with van der Waals surface area (Å²) in [5.74, 6) is 3.28. The Bertz CT molecular complexity index is 559. The van der Waals surface area contributed by atoms with E-state index in [0.717, 1.165) is 13.1 Å². The highest BCUT2D eigenvalue weighted by atomic mass is 35.5. The van der Waals surface area contributed by atoms with Crippen LogP contribution in [0, 0.1) is 12.3 Å². The molecule has 1 aromatic rings. The van der Waals surface area contributed by atoms with Crippen molar-refractivity contribution in [2.24, 2.45) is 0 Å². The second-order valence-corrected chi connectivity index (χ2v) is 5.76. The van der Waals surface area contributed by atoms with Crippen LogP contribution in [0.2, 0.25) is 5.02 Å². The van der Waals surface area contributed by atoms with Crippen molar-refractivity contribution in [2.75, 3.05) is 32.7 Å². The third-order valence-electron chi connectivity index (χ3n) is 3.46. The maximum atomic E-state index is 12.6. The first kappa shape index (κ1) is 15.7. The molecule has 5 nitrogen and oxygen atoms in total. The van der Waals surface area contributed by atoms with E-state index >= 15 is 0 Å². The quantitative estimate of drug-likeness (QED) is 0.797. The van der Waals surface area contributed by atoms with Crippen LogP contribution in [-0.2, 0) is 0 Å². The second kappa shape index (κ2) is 6.88. The van der Waals surface area contributed by atoms with Crippen LogP contribution in [0.15, 0.2) is 6.20 Å². The molecule has 1 amide bonds. The van der Waals surface area contributed by atoms with E-state index in [4.69, 9.17) is 18.0 Å². The molecule has 1 aromatic heterocycles. The summed E-state index contributed by atoms with van der Waals surface area (Å²) in [6.45, 7) is 7.40. The lowest BCUT2D eigenvalue weighted by atomic mass is 10.2. The van der Waals surface area contributed by atoms with Gasteiger partial charge in [0.15, 0.2) is 5.69 Å². The van der Waals surface area contributed by atoms with Gasteiger partial charge in [0, 0.05) is 32.1 Å². The third-order valence-corrected chi connectivity index (χ3v) is 3.73. The van der Waals surface area contributed by atoms with Crippen LogP contribution in [0.3, 0.4) is 0 Å². The molecule has 0 saturated carbocycles. The summed E-state index contributed by atoms with van der Waals surface area (Å²) < 4.78 is 0. The Balaban J connectivity index is 2.11. The summed E-state index contributed by atoms with van der Waals surface area (Å²) >= 11 is 6.08. The van der Waals surface area contributed by atoms with Gasteiger partial charge in [0.2, 0.25) is 0 Å². The zero-order chi connectivity index (χ0) is 15.4. The molecule has 1 fully saturated rings. The lowest BCUT2D eigenvalue weighted by molar-refractivity contribution is 0.0646. The normalized spacial score (nSPS) is 16.0. The highest BCUT2D eigenvalue weighted by molar-refractivity contribution is 6.33. The number of hydrogen-bond donors (Lipinski definition) is 0. The van der Waals surface area contributed by atoms with E-state index in [9.17, 15) is 4.79 Å². The molecule has 0 atom stereocenters. The summed E-state index contributed by atoms with van der Waals surface area (Å²) in [6, 6.07) is 0. The SMILES string of the molecule is C#CCN1CCN(C(=O)c2nc(C(C)C)ncc2Cl)CC1. The van der Waals surface area contributed by atoms with Crippen LogP contribution in [0.25, 0.3) is 0 Å². The molecule has 21 heavy (non-hydrogen) atoms. The van der Waals surface area contributed by atoms with E-state index in [1.807, 2.05) is 13.8 Å². The average Bonchev–Trinajstić information content (AvgIpc) is 2.48. The summed E-state index contributed by atoms with van der Waals surface area (Å²) in [6.07, 6.45) is 6.81. The van der Waals surface area contributed by atoms with Crippen LogP contribution in [0.4, 0.5) is 0 Å². The molecule has 1 aliphatic rings. The number of rotatable bonds is 3. The summed E-state index contributed by atoms with van der Waals surface area (Å²) in [5.41, 5.74) is 0.292. The van der Waals surface area contributed by atoms with Crippen molar-refractivity contribution < 1.29 is 4.79 Å². The van der Waals surface area contributed by atoms with Gasteiger partial charge in [0.05, 0.1) is 17.8 Å². The van der Waals surface area contributed by atoms with E-state index in [0.29, 0.717) is 36.2 Å². The lowest BCUT2D eigenvalue weighted by Crippen LogP contribution is -2.48. The minimum Gasteiger partial charge on any atom is -0.335 e. The van der Waals surface area contributed by atoms with Gasteiger partial charge in [-0.1, -0.05) is 31.4 Å². The molecule has 0 unspecified atom stereocenters. The van der Waals surface area contributed by atoms with Gasteiger partial charge in [-0.25, -0.2) is 9.97 Å². The van der Waals surface area contributed by atoms with Crippen molar-refractivity contribution in [3.05, 3.63) is 22.7 Å². The minimum atomic E-state index is -0.135. The Kier molecular flexibility index (Phi) is 5.16. The van der Waals surface area contributed by atoms with E-state index in [2.05, 4.69) is 20.8 Å². The van der Waals surface area contributed by atoms with E-state index in [1.54, 1.807) is 4.90 Å². The first-order valence-corrected chi connectivity index (χ1v) is 7.38. The molecule has 2 rings (SSSR count). The Hall–Kier alpha value is -1.64. The van der Waals surface area contributed by atoms with E-state index in [1.165, 1.54) is 6.20 Å². The molecule has 0 aromatic carbocycles. The summed E-state index contributed by atoms with van der Waals surface area (Å²) in [7, 11) is 0. The molecule has 0 spiro atoms. The Morgan fingerprint density at radius 3 is 2.67 bits per heavy atom. The average molecular weight is 307 g/mol. The fraction of sp³-hybridized carbons (Fsp3) is 0.533. The highest BCUT2D eigenvalue weighted by Gasteiger charge is 2.25. The number of hydrogen-bond acceptors (Lipinski definition) is 4. The third kappa shape index (κ3) is 3.72. The van der Waals surface area contributed by atoms with Gasteiger partial charge < -0.3 is 4.90 Å². The zero-order valence-corrected chi connectivity index (χ0v) is 13.1. The monoisotopic (exact) mass is 306 g/mol. The molecule has 0 N–H and O–H groups in total. The number of carbonyl (C=O) groups is 1. The molecule has 6 heteroatoms. The predicted molar refractivity (Wildman–Crippen MR) is 82.3 cm³/mol. The number of aromatic nitrogens is 2. The van der Waals surface area contributed by atoms with Crippen molar-refractivity contribution >= 4 is 17.5 Å². The van der Waals surface area contributed by atoms with Crippen LogP contribution in [0.5, 0.6) is 0 Å². The molecular formula is C15H19ClN4O. The van der Waals surface area contributed by atoms with Gasteiger partial charge in [-0.15, -0.1) is 6.42 Å². The van der Waals surface area contributed by atoms with Gasteiger partial charge in [0.25, 0.3) is 5.91 Å². The Labute approximate surface area is 130 Å². The molecule has 0 radical (unpaired) electrons. The molecule has 0 bridgehead atoms. The number of terminal acetylenes is 1. The number of piperazine rings is 1. The van der Waals surface area contributed by atoms with E-state index in [-0.39, 0.29) is 11.8 Å². The van der Waals surface area contributed by atoms with Crippen molar-refractivity contribution in [1.29, 1.82) is 0 Å². The van der Waals surface area contributed by atoms with Crippen molar-refractivity contribution in [1.82, 2.24) is 19.8 Å². The van der Waals surface area contributed by atoms with Crippen LogP contribution in [-0.4, -0.2) is 58.4 Å². The largest absolute Gasteiger partial charge is 0.335 e. The van der Waals surface area contributed by atoms with Gasteiger partial charge in [0.1, 0.15) is 5.82 Å². The summed E-state index contributed by atoms with van der Waals surface area (Å²) in [5, 5.41) is 0.301. The van der Waals surface area contributed by atoms with Gasteiger partial charge in [-0.05, 0) is 0 Å². The standard InChI is InChI=1S/C15H19ClN4O/c1-4-5-19-6-8-20(9-7-19)15(21)13-12(16)10-17-14(18-13)11(2)3/h1,10-11H,5-9H2,2-3H3. The molecule has 1 saturated heterocycles. The number of halogens is 1. The zero-order valence-electron chi connectivity index (χ0n) is 12.3. The van der Waals surface area contributed by atoms with Crippen LogP contribution >= 0.6 is 11.6 Å². The second-order valence-electron chi connectivity index (χ2n) is 5.35. The van der Waals surface area contributed by atoms with Gasteiger partial charge >= 0.3 is 0 Å². The number of carbonyl (C=O) groups excluding carboxylic acids is 1. The fourth-order valence-electron chi connectivity index (χ4n) is 2.20. The molecule has 2 heterocycles. The Morgan fingerprint density at radius 2 is 2.10 bits per heavy atom. The van der Waals surface area contributed by atoms with Crippen molar-refractivity contribution in [2.45, 2.75) is 19.8 Å². The lowest BCUT2D eigenvalue weighted by Gasteiger charge is -2.33. The van der Waals surface area contributed by atoms with Gasteiger partial charge in [-0.2, -0.15) is 0 Å². The smallest absolute Gasteiger partial charge is 0.274 e. The predicted octanol–water partition coefficient (Wildman–Crippen LogP) is 1.64. The first-order chi connectivity index (χ1) is 10.0. The fourth-order valence-corrected chi connectivity index (χ4v) is 2.37. The highest BCUT2D eigenvalue weighted by Crippen LogP contribution is 2.18. The topological polar surface area (TPSA) is 49.3 Å². The maximum Gasteiger partial charge on any atom is 0.274 e. The van der Waals surface area contributed by atoms with Crippen molar-refractivity contribution in [3.8, 4) is 12.3 Å². The molecule has 112 valence electrons. The number of amides is 1. The van der Waals surface area contributed by atoms with Crippen molar-refractivity contribution in [3.63, 3.8) is 0 Å². The van der Waals surface area contributed by atoms with E-state index < -0.39 is 0 Å². The molecular weight excluding hydrogens is 288 g/mol. The van der Waals surface area contributed by atoms with Crippen LogP contribution in [0.1, 0.15) is 36.1 Å². The Morgan fingerprint density at radius 1 is 1.43 bits per heavy atom. The molecule has 0 aliphatic carbocycles. The van der Waals surface area contributed by atoms with Gasteiger partial charge in [-0.3, -0.25) is 9.69 Å².